The van der Waals surface area contributed by atoms with E-state index >= 15 is 0 Å². The van der Waals surface area contributed by atoms with Crippen LogP contribution in [-0.2, 0) is 0 Å². The summed E-state index contributed by atoms with van der Waals surface area (Å²) in [6.07, 6.45) is 0. The van der Waals surface area contributed by atoms with Crippen LogP contribution in [0.15, 0.2) is 97.1 Å². The van der Waals surface area contributed by atoms with Crippen molar-refractivity contribution < 1.29 is 10.0 Å². The van der Waals surface area contributed by atoms with E-state index in [9.17, 15) is 0 Å². The minimum absolute atomic E-state index is 0. The summed E-state index contributed by atoms with van der Waals surface area (Å²) in [6.45, 7) is 0. The zero-order chi connectivity index (χ0) is 19.8. The maximum absolute atomic E-state index is 7.00. The Labute approximate surface area is 170 Å². The van der Waals surface area contributed by atoms with Crippen molar-refractivity contribution in [1.82, 2.24) is 0 Å². The van der Waals surface area contributed by atoms with Crippen LogP contribution in [0.4, 0.5) is 0 Å². The van der Waals surface area contributed by atoms with Gasteiger partial charge in [-0.25, -0.2) is 0 Å². The molecule has 0 unspecified atom stereocenters. The lowest BCUT2D eigenvalue weighted by atomic mass is 9.72. The maximum atomic E-state index is 7.00. The van der Waals surface area contributed by atoms with Gasteiger partial charge in [-0.05, 0) is 54.9 Å². The zero-order valence-electron chi connectivity index (χ0n) is 15.7. The van der Waals surface area contributed by atoms with Crippen LogP contribution in [-0.4, -0.2) is 17.7 Å². The van der Waals surface area contributed by atoms with E-state index < -0.39 is 0 Å². The van der Waals surface area contributed by atoms with E-state index in [4.69, 9.17) is 10.0 Å². The van der Waals surface area contributed by atoms with E-state index in [1.54, 1.807) is 0 Å². The van der Waals surface area contributed by atoms with Crippen LogP contribution < -0.4 is 0 Å². The number of fused-ring (bicyclic) bond motifs is 7. The largest absolute Gasteiger partial charge is 0.482 e. The summed E-state index contributed by atoms with van der Waals surface area (Å²) in [6, 6.07) is 34.9. The average molecular weight is 373 g/mol. The Morgan fingerprint density at radius 1 is 0.448 bits per heavy atom. The van der Waals surface area contributed by atoms with Crippen molar-refractivity contribution in [1.29, 1.82) is 0 Å². The van der Waals surface area contributed by atoms with E-state index in [2.05, 4.69) is 97.1 Å². The van der Waals surface area contributed by atoms with Gasteiger partial charge in [0.2, 0.25) is 0 Å². The molecule has 0 atom stereocenters. The fraction of sp³-hybridized carbons (Fsp3) is 0. The Bertz CT molecular complexity index is 1330. The van der Waals surface area contributed by atoms with Crippen LogP contribution in [0.2, 0.25) is 0 Å². The number of benzene rings is 5. The SMILES string of the molecule is O[B]O.c1ccc(-c2ccc3c4c5ccccc5c-4c3c2-c2ccccc2)cc1. The minimum Gasteiger partial charge on any atom is -0.429 e. The molecule has 3 heteroatoms. The highest BCUT2D eigenvalue weighted by atomic mass is 16.4. The highest BCUT2D eigenvalue weighted by Gasteiger charge is 2.29. The molecule has 0 saturated heterocycles. The molecule has 4 aromatic rings. The van der Waals surface area contributed by atoms with Gasteiger partial charge in [0.25, 0.3) is 0 Å². The van der Waals surface area contributed by atoms with Crippen LogP contribution in [0, 0.1) is 0 Å². The van der Waals surface area contributed by atoms with Gasteiger partial charge in [0.15, 0.2) is 0 Å². The molecule has 0 spiro atoms. The highest BCUT2D eigenvalue weighted by molar-refractivity contribution is 6.38. The molecule has 0 heterocycles. The Balaban J connectivity index is 0.000000573. The summed E-state index contributed by atoms with van der Waals surface area (Å²) in [5.74, 6) is 0. The van der Waals surface area contributed by atoms with Gasteiger partial charge in [0.05, 0.1) is 0 Å². The van der Waals surface area contributed by atoms with E-state index in [1.807, 2.05) is 0 Å². The van der Waals surface area contributed by atoms with Crippen LogP contribution >= 0.6 is 0 Å². The van der Waals surface area contributed by atoms with Gasteiger partial charge < -0.3 is 10.0 Å². The van der Waals surface area contributed by atoms with Gasteiger partial charge in [0.1, 0.15) is 0 Å². The second-order valence-corrected chi connectivity index (χ2v) is 7.05. The number of rotatable bonds is 2. The van der Waals surface area contributed by atoms with Crippen molar-refractivity contribution in [2.75, 3.05) is 0 Å². The van der Waals surface area contributed by atoms with E-state index in [0.717, 1.165) is 0 Å². The van der Waals surface area contributed by atoms with Crippen molar-refractivity contribution in [2.45, 2.75) is 0 Å². The molecule has 4 aromatic carbocycles. The van der Waals surface area contributed by atoms with E-state index in [-0.39, 0.29) is 7.69 Å². The van der Waals surface area contributed by atoms with Crippen LogP contribution in [0.1, 0.15) is 0 Å². The van der Waals surface area contributed by atoms with Crippen molar-refractivity contribution in [3.05, 3.63) is 97.1 Å². The lowest BCUT2D eigenvalue weighted by Gasteiger charge is -2.30. The topological polar surface area (TPSA) is 40.5 Å². The molecular weight excluding hydrogens is 355 g/mol. The van der Waals surface area contributed by atoms with Gasteiger partial charge in [-0.2, -0.15) is 0 Å². The third kappa shape index (κ3) is 2.67. The summed E-state index contributed by atoms with van der Waals surface area (Å²) >= 11 is 0. The van der Waals surface area contributed by atoms with Crippen LogP contribution in [0.3, 0.4) is 0 Å². The lowest BCUT2D eigenvalue weighted by molar-refractivity contribution is 0.448. The molecular formula is C26H18BO2. The van der Waals surface area contributed by atoms with Gasteiger partial charge in [-0.1, -0.05) is 97.1 Å². The van der Waals surface area contributed by atoms with Crippen molar-refractivity contribution in [3.8, 4) is 33.4 Å². The molecule has 0 aromatic heterocycles. The summed E-state index contributed by atoms with van der Waals surface area (Å²) in [5.41, 5.74) is 8.14. The molecule has 2 N–H and O–H groups in total. The highest BCUT2D eigenvalue weighted by Crippen LogP contribution is 2.57. The molecule has 6 rings (SSSR count). The smallest absolute Gasteiger partial charge is 0.429 e. The molecule has 0 fully saturated rings. The monoisotopic (exact) mass is 373 g/mol. The third-order valence-corrected chi connectivity index (χ3v) is 5.59. The Kier molecular flexibility index (Phi) is 4.40. The Morgan fingerprint density at radius 2 is 0.966 bits per heavy atom. The first-order valence-electron chi connectivity index (χ1n) is 9.58. The minimum atomic E-state index is 0. The van der Waals surface area contributed by atoms with Crippen molar-refractivity contribution in [2.24, 2.45) is 0 Å². The maximum Gasteiger partial charge on any atom is 0.482 e. The van der Waals surface area contributed by atoms with Gasteiger partial charge in [-0.15, -0.1) is 0 Å². The molecule has 1 radical (unpaired) electrons. The van der Waals surface area contributed by atoms with Crippen molar-refractivity contribution >= 4 is 29.2 Å². The average Bonchev–Trinajstić information content (AvgIpc) is 2.75. The molecule has 137 valence electrons. The summed E-state index contributed by atoms with van der Waals surface area (Å²) in [7, 11) is 0. The molecule has 2 nitrogen and oxygen atoms in total. The van der Waals surface area contributed by atoms with Gasteiger partial charge in [-0.3, -0.25) is 0 Å². The molecule has 0 saturated carbocycles. The predicted octanol–water partition coefficient (Wildman–Crippen LogP) is 5.81. The normalized spacial score (nSPS) is 11.1. The third-order valence-electron chi connectivity index (χ3n) is 5.59. The predicted molar refractivity (Wildman–Crippen MR) is 122 cm³/mol. The molecule has 0 bridgehead atoms. The standard InChI is InChI=1S/C26H16.BH2O2/c1-3-9-17(10-4-1)19-15-16-22-24-20-13-7-8-14-21(20)25(24)26(22)23(19)18-11-5-2-6-12-18;2-1-3/h1-16H;2-3H. The first-order valence-corrected chi connectivity index (χ1v) is 9.58. The summed E-state index contributed by atoms with van der Waals surface area (Å²) < 4.78 is 0. The second kappa shape index (κ2) is 7.21. The van der Waals surface area contributed by atoms with E-state index in [0.29, 0.717) is 0 Å². The molecule has 29 heavy (non-hydrogen) atoms. The van der Waals surface area contributed by atoms with Gasteiger partial charge in [0, 0.05) is 0 Å². The van der Waals surface area contributed by atoms with Crippen molar-refractivity contribution in [3.63, 3.8) is 0 Å². The first kappa shape index (κ1) is 17.7. The molecule has 2 aliphatic carbocycles. The fourth-order valence-electron chi connectivity index (χ4n) is 4.44. The molecule has 2 aliphatic rings. The zero-order valence-corrected chi connectivity index (χ0v) is 15.7. The lowest BCUT2D eigenvalue weighted by Crippen LogP contribution is -2.02. The van der Waals surface area contributed by atoms with E-state index in [1.165, 1.54) is 54.9 Å². The number of hydrogen-bond acceptors (Lipinski definition) is 2. The Morgan fingerprint density at radius 3 is 1.59 bits per heavy atom. The molecule has 0 amide bonds. The summed E-state index contributed by atoms with van der Waals surface area (Å²) in [4.78, 5) is 0. The van der Waals surface area contributed by atoms with Crippen LogP contribution in [0.25, 0.3) is 54.9 Å². The molecule has 0 aliphatic heterocycles. The van der Waals surface area contributed by atoms with Crippen LogP contribution in [0.5, 0.6) is 0 Å². The number of hydrogen-bond donors (Lipinski definition) is 2. The first-order chi connectivity index (χ1) is 14.3. The Hall–Kier alpha value is -3.40. The second-order valence-electron chi connectivity index (χ2n) is 7.05. The quantitative estimate of drug-likeness (QED) is 0.297. The van der Waals surface area contributed by atoms with Gasteiger partial charge >= 0.3 is 7.69 Å². The summed E-state index contributed by atoms with van der Waals surface area (Å²) in [5, 5.41) is 19.6. The fourth-order valence-corrected chi connectivity index (χ4v) is 4.44.